The van der Waals surface area contributed by atoms with Gasteiger partial charge in [0.1, 0.15) is 0 Å². The summed E-state index contributed by atoms with van der Waals surface area (Å²) in [5, 5.41) is 1.21. The third-order valence-electron chi connectivity index (χ3n) is 3.41. The van der Waals surface area contributed by atoms with E-state index in [4.69, 9.17) is 5.73 Å². The molecule has 1 aliphatic heterocycles. The van der Waals surface area contributed by atoms with Crippen molar-refractivity contribution in [3.8, 4) is 0 Å². The molecule has 2 aromatic rings. The van der Waals surface area contributed by atoms with E-state index in [1.807, 2.05) is 12.1 Å². The van der Waals surface area contributed by atoms with Crippen molar-refractivity contribution in [1.82, 2.24) is 9.88 Å². The third-order valence-corrected chi connectivity index (χ3v) is 3.41. The monoisotopic (exact) mass is 227 g/mol. The van der Waals surface area contributed by atoms with Crippen LogP contribution in [0.2, 0.25) is 0 Å². The largest absolute Gasteiger partial charge is 0.330 e. The minimum atomic E-state index is 0.690. The summed E-state index contributed by atoms with van der Waals surface area (Å²) in [5.41, 5.74) is 7.86. The molecule has 2 N–H and O–H groups in total. The normalized spacial score (nSPS) is 17.2. The number of fused-ring (bicyclic) bond motifs is 1. The van der Waals surface area contributed by atoms with Crippen LogP contribution in [-0.2, 0) is 6.54 Å². The summed E-state index contributed by atoms with van der Waals surface area (Å²) in [6.45, 7) is 3.99. The van der Waals surface area contributed by atoms with Crippen LogP contribution in [-0.4, -0.2) is 29.5 Å². The van der Waals surface area contributed by atoms with Crippen LogP contribution in [0.5, 0.6) is 0 Å². The molecule has 2 heterocycles. The van der Waals surface area contributed by atoms with E-state index in [1.54, 1.807) is 0 Å². The van der Waals surface area contributed by atoms with E-state index in [9.17, 15) is 0 Å². The molecule has 0 radical (unpaired) electrons. The van der Waals surface area contributed by atoms with E-state index in [2.05, 4.69) is 34.1 Å². The molecule has 1 fully saturated rings. The second-order valence-electron chi connectivity index (χ2n) is 4.79. The zero-order valence-electron chi connectivity index (χ0n) is 9.84. The number of nitrogens with two attached hydrogens (primary N) is 1. The maximum atomic E-state index is 5.62. The molecule has 0 bridgehead atoms. The number of aromatic nitrogens is 1. The lowest BCUT2D eigenvalue weighted by Crippen LogP contribution is -2.49. The first kappa shape index (κ1) is 10.7. The molecule has 0 unspecified atom stereocenters. The third kappa shape index (κ3) is 2.16. The second-order valence-corrected chi connectivity index (χ2v) is 4.79. The number of likely N-dealkylation sites (tertiary alicyclic amines) is 1. The van der Waals surface area contributed by atoms with Crippen LogP contribution < -0.4 is 5.73 Å². The van der Waals surface area contributed by atoms with Gasteiger partial charge in [-0.1, -0.05) is 24.3 Å². The molecule has 3 nitrogen and oxygen atoms in total. The molecule has 3 heteroatoms. The van der Waals surface area contributed by atoms with Gasteiger partial charge in [0.15, 0.2) is 0 Å². The number of pyridine rings is 1. The lowest BCUT2D eigenvalue weighted by atomic mass is 10.0. The highest BCUT2D eigenvalue weighted by Gasteiger charge is 2.25. The molecule has 17 heavy (non-hydrogen) atoms. The maximum absolute atomic E-state index is 5.62. The van der Waals surface area contributed by atoms with E-state index in [-0.39, 0.29) is 0 Å². The Balaban J connectivity index is 1.73. The Bertz CT molecular complexity index is 518. The molecule has 0 spiro atoms. The molecule has 3 rings (SSSR count). The van der Waals surface area contributed by atoms with Gasteiger partial charge in [0.05, 0.1) is 11.2 Å². The Morgan fingerprint density at radius 2 is 2.00 bits per heavy atom. The summed E-state index contributed by atoms with van der Waals surface area (Å²) in [4.78, 5) is 7.07. The van der Waals surface area contributed by atoms with Crippen molar-refractivity contribution in [2.24, 2.45) is 11.7 Å². The van der Waals surface area contributed by atoms with Crippen molar-refractivity contribution in [3.63, 3.8) is 0 Å². The number of hydrogen-bond acceptors (Lipinski definition) is 3. The molecule has 1 saturated heterocycles. The molecule has 1 aromatic carbocycles. The fourth-order valence-corrected chi connectivity index (χ4v) is 2.38. The summed E-state index contributed by atoms with van der Waals surface area (Å²) in [6, 6.07) is 12.5. The molecule has 0 saturated carbocycles. The maximum Gasteiger partial charge on any atom is 0.0705 e. The van der Waals surface area contributed by atoms with Gasteiger partial charge in [-0.3, -0.25) is 9.88 Å². The highest BCUT2D eigenvalue weighted by Crippen LogP contribution is 2.18. The van der Waals surface area contributed by atoms with E-state index in [1.165, 1.54) is 5.39 Å². The van der Waals surface area contributed by atoms with Crippen molar-refractivity contribution >= 4 is 10.9 Å². The summed E-state index contributed by atoms with van der Waals surface area (Å²) in [6.07, 6.45) is 0. The molecule has 88 valence electrons. The van der Waals surface area contributed by atoms with E-state index in [0.29, 0.717) is 5.92 Å². The first-order valence-electron chi connectivity index (χ1n) is 6.12. The fraction of sp³-hybridized carbons (Fsp3) is 0.357. The fourth-order valence-electron chi connectivity index (χ4n) is 2.38. The van der Waals surface area contributed by atoms with Crippen LogP contribution in [0.25, 0.3) is 10.9 Å². The van der Waals surface area contributed by atoms with E-state index >= 15 is 0 Å². The van der Waals surface area contributed by atoms with Gasteiger partial charge < -0.3 is 5.73 Å². The van der Waals surface area contributed by atoms with Crippen molar-refractivity contribution in [2.45, 2.75) is 6.54 Å². The van der Waals surface area contributed by atoms with Gasteiger partial charge >= 0.3 is 0 Å². The quantitative estimate of drug-likeness (QED) is 0.866. The predicted octanol–water partition coefficient (Wildman–Crippen LogP) is 1.63. The van der Waals surface area contributed by atoms with Crippen LogP contribution in [0.3, 0.4) is 0 Å². The summed E-state index contributed by atoms with van der Waals surface area (Å²) in [5.74, 6) is 0.690. The minimum absolute atomic E-state index is 0.690. The Morgan fingerprint density at radius 1 is 1.18 bits per heavy atom. The van der Waals surface area contributed by atoms with Crippen molar-refractivity contribution in [1.29, 1.82) is 0 Å². The lowest BCUT2D eigenvalue weighted by molar-refractivity contribution is 0.0966. The molecular weight excluding hydrogens is 210 g/mol. The van der Waals surface area contributed by atoms with Crippen LogP contribution in [0.4, 0.5) is 0 Å². The van der Waals surface area contributed by atoms with Crippen LogP contribution in [0, 0.1) is 5.92 Å². The Labute approximate surface area is 101 Å². The Kier molecular flexibility index (Phi) is 2.79. The van der Waals surface area contributed by atoms with E-state index < -0.39 is 0 Å². The van der Waals surface area contributed by atoms with Crippen LogP contribution >= 0.6 is 0 Å². The van der Waals surface area contributed by atoms with Crippen molar-refractivity contribution in [3.05, 3.63) is 42.1 Å². The Hall–Kier alpha value is -1.45. The minimum Gasteiger partial charge on any atom is -0.330 e. The molecule has 1 aliphatic rings. The first-order chi connectivity index (χ1) is 8.35. The molecule has 0 atom stereocenters. The standard InChI is InChI=1S/C14H17N3/c15-7-11-8-17(9-11)10-13-6-5-12-3-1-2-4-14(12)16-13/h1-6,11H,7-10,15H2. The highest BCUT2D eigenvalue weighted by molar-refractivity contribution is 5.78. The van der Waals surface area contributed by atoms with Gasteiger partial charge in [-0.05, 0) is 24.6 Å². The smallest absolute Gasteiger partial charge is 0.0705 e. The van der Waals surface area contributed by atoms with Gasteiger partial charge in [0, 0.05) is 25.0 Å². The second kappa shape index (κ2) is 4.43. The average molecular weight is 227 g/mol. The number of nitrogens with zero attached hydrogens (tertiary/aromatic N) is 2. The predicted molar refractivity (Wildman–Crippen MR) is 69.6 cm³/mol. The number of para-hydroxylation sites is 1. The average Bonchev–Trinajstić information content (AvgIpc) is 2.33. The first-order valence-corrected chi connectivity index (χ1v) is 6.12. The summed E-state index contributed by atoms with van der Waals surface area (Å²) < 4.78 is 0. The molecule has 0 aliphatic carbocycles. The van der Waals surface area contributed by atoms with Gasteiger partial charge in [-0.2, -0.15) is 0 Å². The number of benzene rings is 1. The van der Waals surface area contributed by atoms with Gasteiger partial charge in [0.25, 0.3) is 0 Å². The van der Waals surface area contributed by atoms with Crippen LogP contribution in [0.1, 0.15) is 5.69 Å². The Morgan fingerprint density at radius 3 is 2.82 bits per heavy atom. The van der Waals surface area contributed by atoms with Crippen molar-refractivity contribution < 1.29 is 0 Å². The lowest BCUT2D eigenvalue weighted by Gasteiger charge is -2.38. The van der Waals surface area contributed by atoms with Gasteiger partial charge in [0.2, 0.25) is 0 Å². The topological polar surface area (TPSA) is 42.1 Å². The molecular formula is C14H17N3. The van der Waals surface area contributed by atoms with Gasteiger partial charge in [-0.15, -0.1) is 0 Å². The summed E-state index contributed by atoms with van der Waals surface area (Å²) in [7, 11) is 0. The van der Waals surface area contributed by atoms with Crippen molar-refractivity contribution in [2.75, 3.05) is 19.6 Å². The number of hydrogen-bond donors (Lipinski definition) is 1. The summed E-state index contributed by atoms with van der Waals surface area (Å²) >= 11 is 0. The molecule has 1 aromatic heterocycles. The van der Waals surface area contributed by atoms with Crippen LogP contribution in [0.15, 0.2) is 36.4 Å². The zero-order chi connectivity index (χ0) is 11.7. The van der Waals surface area contributed by atoms with E-state index in [0.717, 1.165) is 37.4 Å². The SMILES string of the molecule is NCC1CN(Cc2ccc3ccccc3n2)C1. The number of rotatable bonds is 3. The zero-order valence-corrected chi connectivity index (χ0v) is 9.84. The highest BCUT2D eigenvalue weighted by atomic mass is 15.2. The van der Waals surface area contributed by atoms with Gasteiger partial charge in [-0.25, -0.2) is 0 Å². The molecule has 0 amide bonds.